The van der Waals surface area contributed by atoms with E-state index < -0.39 is 0 Å². The molecule has 3 N–H and O–H groups in total. The van der Waals surface area contributed by atoms with E-state index in [2.05, 4.69) is 15.0 Å². The molecule has 1 fully saturated rings. The van der Waals surface area contributed by atoms with Gasteiger partial charge in [0, 0.05) is 31.5 Å². The summed E-state index contributed by atoms with van der Waals surface area (Å²) in [6.45, 7) is 3.13. The number of hydrogen-bond acceptors (Lipinski definition) is 5. The Balaban J connectivity index is 2.30. The van der Waals surface area contributed by atoms with Crippen molar-refractivity contribution in [2.45, 2.75) is 6.42 Å². The first-order valence-corrected chi connectivity index (χ1v) is 5.57. The predicted molar refractivity (Wildman–Crippen MR) is 64.4 cm³/mol. The molecule has 1 saturated heterocycles. The molecule has 0 saturated carbocycles. The van der Waals surface area contributed by atoms with Crippen molar-refractivity contribution in [3.05, 3.63) is 24.0 Å². The number of hydrogen-bond donors (Lipinski definition) is 2. The van der Waals surface area contributed by atoms with E-state index in [9.17, 15) is 0 Å². The third-order valence-electron chi connectivity index (χ3n) is 2.75. The summed E-state index contributed by atoms with van der Waals surface area (Å²) in [5.41, 5.74) is 7.24. The molecule has 0 bridgehead atoms. The van der Waals surface area contributed by atoms with E-state index in [1.54, 1.807) is 18.5 Å². The number of nitrogens with zero attached hydrogens (tertiary/aromatic N) is 3. The van der Waals surface area contributed by atoms with Gasteiger partial charge in [0.05, 0.1) is 18.5 Å². The van der Waals surface area contributed by atoms with Gasteiger partial charge in [-0.05, 0) is 12.5 Å². The number of anilines is 1. The molecule has 1 aromatic heterocycles. The molecule has 2 heterocycles. The number of pyridine rings is 1. The average molecular weight is 236 g/mol. The minimum Gasteiger partial charge on any atom is -0.409 e. The molecule has 1 aliphatic heterocycles. The highest BCUT2D eigenvalue weighted by atomic mass is 16.5. The van der Waals surface area contributed by atoms with E-state index in [0.717, 1.165) is 31.8 Å². The lowest BCUT2D eigenvalue weighted by atomic mass is 10.2. The fourth-order valence-electron chi connectivity index (χ4n) is 1.90. The number of amidine groups is 1. The average Bonchev–Trinajstić information content (AvgIpc) is 2.66. The van der Waals surface area contributed by atoms with Gasteiger partial charge in [0.15, 0.2) is 5.84 Å². The second-order valence-corrected chi connectivity index (χ2v) is 3.83. The third kappa shape index (κ3) is 2.65. The number of aromatic nitrogens is 1. The molecular weight excluding hydrogens is 220 g/mol. The Morgan fingerprint density at radius 1 is 1.47 bits per heavy atom. The molecule has 6 heteroatoms. The molecule has 0 atom stereocenters. The van der Waals surface area contributed by atoms with Crippen molar-refractivity contribution in [3.63, 3.8) is 0 Å². The summed E-state index contributed by atoms with van der Waals surface area (Å²) in [7, 11) is 0. The lowest BCUT2D eigenvalue weighted by Gasteiger charge is -2.23. The van der Waals surface area contributed by atoms with Crippen LogP contribution in [0.1, 0.15) is 12.0 Å². The van der Waals surface area contributed by atoms with Crippen LogP contribution < -0.4 is 10.6 Å². The van der Waals surface area contributed by atoms with Gasteiger partial charge in [-0.25, -0.2) is 0 Å². The molecule has 0 spiro atoms. The quantitative estimate of drug-likeness (QED) is 0.336. The molecule has 92 valence electrons. The van der Waals surface area contributed by atoms with Gasteiger partial charge in [-0.3, -0.25) is 4.98 Å². The second-order valence-electron chi connectivity index (χ2n) is 3.83. The Morgan fingerprint density at radius 3 is 3.18 bits per heavy atom. The standard InChI is InChI=1S/C11H16N4O2/c12-11(14-16)9-2-3-13-8-10(9)15-4-1-6-17-7-5-15/h2-3,8,16H,1,4-7H2,(H2,12,14). The van der Waals surface area contributed by atoms with Gasteiger partial charge in [-0.15, -0.1) is 0 Å². The molecule has 6 nitrogen and oxygen atoms in total. The normalized spacial score (nSPS) is 17.9. The molecule has 0 aliphatic carbocycles. The predicted octanol–water partition coefficient (Wildman–Crippen LogP) is 0.403. The first kappa shape index (κ1) is 11.7. The number of nitrogens with two attached hydrogens (primary N) is 1. The summed E-state index contributed by atoms with van der Waals surface area (Å²) in [5.74, 6) is 0.104. The summed E-state index contributed by atoms with van der Waals surface area (Å²) in [5, 5.41) is 11.8. The van der Waals surface area contributed by atoms with Gasteiger partial charge >= 0.3 is 0 Å². The Labute approximate surface area is 99.7 Å². The van der Waals surface area contributed by atoms with Crippen molar-refractivity contribution >= 4 is 11.5 Å². The maximum atomic E-state index is 8.77. The largest absolute Gasteiger partial charge is 0.409 e. The van der Waals surface area contributed by atoms with E-state index in [1.165, 1.54) is 0 Å². The van der Waals surface area contributed by atoms with E-state index in [-0.39, 0.29) is 5.84 Å². The maximum absolute atomic E-state index is 8.77. The van der Waals surface area contributed by atoms with Crippen molar-refractivity contribution in [3.8, 4) is 0 Å². The van der Waals surface area contributed by atoms with Crippen LogP contribution in [0.3, 0.4) is 0 Å². The summed E-state index contributed by atoms with van der Waals surface area (Å²) in [6, 6.07) is 1.75. The zero-order valence-electron chi connectivity index (χ0n) is 9.54. The van der Waals surface area contributed by atoms with Gasteiger partial charge in [0.25, 0.3) is 0 Å². The molecule has 0 radical (unpaired) electrons. The summed E-state index contributed by atoms with van der Waals surface area (Å²) in [4.78, 5) is 6.24. The summed E-state index contributed by atoms with van der Waals surface area (Å²) < 4.78 is 5.40. The Hall–Kier alpha value is -1.82. The first-order chi connectivity index (χ1) is 8.33. The van der Waals surface area contributed by atoms with Gasteiger partial charge < -0.3 is 20.6 Å². The molecule has 1 aromatic rings. The van der Waals surface area contributed by atoms with Gasteiger partial charge in [0.2, 0.25) is 0 Å². The Kier molecular flexibility index (Phi) is 3.77. The van der Waals surface area contributed by atoms with Gasteiger partial charge in [-0.1, -0.05) is 5.16 Å². The van der Waals surface area contributed by atoms with Crippen LogP contribution in [0.4, 0.5) is 5.69 Å². The fourth-order valence-corrected chi connectivity index (χ4v) is 1.90. The van der Waals surface area contributed by atoms with Crippen molar-refractivity contribution < 1.29 is 9.94 Å². The van der Waals surface area contributed by atoms with Gasteiger partial charge in [-0.2, -0.15) is 0 Å². The first-order valence-electron chi connectivity index (χ1n) is 5.57. The highest BCUT2D eigenvalue weighted by Gasteiger charge is 2.15. The number of rotatable bonds is 2. The van der Waals surface area contributed by atoms with E-state index in [0.29, 0.717) is 12.2 Å². The van der Waals surface area contributed by atoms with Crippen LogP contribution in [0.5, 0.6) is 0 Å². The molecule has 0 amide bonds. The van der Waals surface area contributed by atoms with Crippen molar-refractivity contribution in [1.82, 2.24) is 4.98 Å². The van der Waals surface area contributed by atoms with E-state index in [1.807, 2.05) is 0 Å². The lowest BCUT2D eigenvalue weighted by Crippen LogP contribution is -2.29. The monoisotopic (exact) mass is 236 g/mol. The Morgan fingerprint density at radius 2 is 2.35 bits per heavy atom. The molecule has 0 aromatic carbocycles. The molecular formula is C11H16N4O2. The van der Waals surface area contributed by atoms with Crippen LogP contribution in [0.2, 0.25) is 0 Å². The zero-order valence-corrected chi connectivity index (χ0v) is 9.54. The fraction of sp³-hybridized carbons (Fsp3) is 0.455. The van der Waals surface area contributed by atoms with Crippen molar-refractivity contribution in [1.29, 1.82) is 0 Å². The zero-order chi connectivity index (χ0) is 12.1. The highest BCUT2D eigenvalue weighted by molar-refractivity contribution is 6.02. The second kappa shape index (κ2) is 5.49. The smallest absolute Gasteiger partial charge is 0.172 e. The SMILES string of the molecule is N/C(=N/O)c1ccncc1N1CCCOCC1. The van der Waals surface area contributed by atoms with Crippen LogP contribution in [-0.4, -0.2) is 42.3 Å². The number of oxime groups is 1. The number of ether oxygens (including phenoxy) is 1. The maximum Gasteiger partial charge on any atom is 0.172 e. The minimum absolute atomic E-state index is 0.104. The van der Waals surface area contributed by atoms with Gasteiger partial charge in [0.1, 0.15) is 0 Å². The Bertz CT molecular complexity index is 400. The highest BCUT2D eigenvalue weighted by Crippen LogP contribution is 2.20. The van der Waals surface area contributed by atoms with Crippen LogP contribution in [-0.2, 0) is 4.74 Å². The molecule has 1 aliphatic rings. The van der Waals surface area contributed by atoms with Crippen molar-refractivity contribution in [2.24, 2.45) is 10.9 Å². The molecule has 17 heavy (non-hydrogen) atoms. The van der Waals surface area contributed by atoms with Crippen LogP contribution >= 0.6 is 0 Å². The van der Waals surface area contributed by atoms with Crippen LogP contribution in [0.25, 0.3) is 0 Å². The van der Waals surface area contributed by atoms with E-state index >= 15 is 0 Å². The van der Waals surface area contributed by atoms with E-state index in [4.69, 9.17) is 15.7 Å². The third-order valence-corrected chi connectivity index (χ3v) is 2.75. The lowest BCUT2D eigenvalue weighted by molar-refractivity contribution is 0.152. The summed E-state index contributed by atoms with van der Waals surface area (Å²) in [6.07, 6.45) is 4.33. The topological polar surface area (TPSA) is 84.0 Å². The summed E-state index contributed by atoms with van der Waals surface area (Å²) >= 11 is 0. The molecule has 0 unspecified atom stereocenters. The minimum atomic E-state index is 0.104. The van der Waals surface area contributed by atoms with Crippen LogP contribution in [0.15, 0.2) is 23.6 Å². The molecule has 2 rings (SSSR count). The van der Waals surface area contributed by atoms with Crippen molar-refractivity contribution in [2.75, 3.05) is 31.2 Å². The van der Waals surface area contributed by atoms with Crippen LogP contribution in [0, 0.1) is 0 Å².